The van der Waals surface area contributed by atoms with E-state index in [9.17, 15) is 0 Å². The molecule has 0 saturated carbocycles. The summed E-state index contributed by atoms with van der Waals surface area (Å²) in [4.78, 5) is 0. The Kier molecular flexibility index (Phi) is 3.28. The molecule has 2 aromatic rings. The van der Waals surface area contributed by atoms with Gasteiger partial charge >= 0.3 is 134 Å². The first-order valence-electron chi connectivity index (χ1n) is 4.80. The fraction of sp³-hybridized carbons (Fsp3) is 0. The molecule has 0 N–H and O–H groups in total. The minimum atomic E-state index is 0.219. The molecule has 0 aliphatic heterocycles. The molecule has 1 aliphatic carbocycles. The van der Waals surface area contributed by atoms with Crippen LogP contribution in [-0.4, -0.2) is 29.0 Å². The molecular weight excluding hydrogens is 490 g/mol. The Hall–Kier alpha value is -0.321. The van der Waals surface area contributed by atoms with E-state index in [1.165, 1.54) is 15.6 Å². The summed E-state index contributed by atoms with van der Waals surface area (Å²) in [6, 6.07) is 8.18. The second kappa shape index (κ2) is 4.65. The molecule has 0 atom stereocenters. The Labute approximate surface area is 132 Å². The minimum absolute atomic E-state index is 0.219. The number of hydrogen-bond donors (Lipinski definition) is 0. The number of fused-ring (bicyclic) bond motifs is 3. The topological polar surface area (TPSA) is 47.6 Å². The van der Waals surface area contributed by atoms with E-state index < -0.39 is 0 Å². The molecule has 2 heterocycles. The number of nitrogens with zero attached hydrogens (tertiary/aromatic N) is 2. The number of rotatable bonds is 0. The van der Waals surface area contributed by atoms with Crippen LogP contribution in [0.15, 0.2) is 24.4 Å². The summed E-state index contributed by atoms with van der Waals surface area (Å²) < 4.78 is 5.04. The first-order chi connectivity index (χ1) is 8.65. The summed E-state index contributed by atoms with van der Waals surface area (Å²) in [6.45, 7) is 0. The molecule has 0 unspecified atom stereocenters. The second-order valence-electron chi connectivity index (χ2n) is 3.56. The van der Waals surface area contributed by atoms with Gasteiger partial charge in [-0.3, -0.25) is 0 Å². The third-order valence-electron chi connectivity index (χ3n) is 2.62. The van der Waals surface area contributed by atoms with Crippen LogP contribution in [0.4, 0.5) is 0 Å². The summed E-state index contributed by atoms with van der Waals surface area (Å²) in [7, 11) is 0. The fourth-order valence-corrected chi connectivity index (χ4v) is 8.58. The fourth-order valence-electron chi connectivity index (χ4n) is 1.98. The summed E-state index contributed by atoms with van der Waals surface area (Å²) >= 11 is 7.64. The number of halogens is 2. The molecule has 86 valence electrons. The zero-order valence-corrected chi connectivity index (χ0v) is 15.2. The van der Waals surface area contributed by atoms with Crippen molar-refractivity contribution in [1.82, 2.24) is 0 Å². The molecule has 2 nitrogen and oxygen atoms in total. The van der Waals surface area contributed by atoms with E-state index in [4.69, 9.17) is 10.5 Å². The zero-order chi connectivity index (χ0) is 12.9. The average molecular weight is 492 g/mol. The van der Waals surface area contributed by atoms with E-state index in [0.29, 0.717) is 0 Å². The van der Waals surface area contributed by atoms with Crippen LogP contribution in [-0.2, 0) is 0 Å². The quantitative estimate of drug-likeness (QED) is 0.358. The van der Waals surface area contributed by atoms with Crippen LogP contribution in [0.5, 0.6) is 0 Å². The molecule has 0 saturated heterocycles. The van der Waals surface area contributed by atoms with Gasteiger partial charge in [0.05, 0.1) is 0 Å². The van der Waals surface area contributed by atoms with Crippen molar-refractivity contribution < 1.29 is 0 Å². The molecule has 0 fully saturated rings. The van der Waals surface area contributed by atoms with Crippen LogP contribution >= 0.6 is 31.9 Å². The van der Waals surface area contributed by atoms with Gasteiger partial charge in [-0.1, -0.05) is 0 Å². The Morgan fingerprint density at radius 3 is 1.78 bits per heavy atom. The van der Waals surface area contributed by atoms with E-state index in [1.54, 1.807) is 0 Å². The predicted octanol–water partition coefficient (Wildman–Crippen LogP) is 3.16. The zero-order valence-electron chi connectivity index (χ0n) is 8.62. The monoisotopic (exact) mass is 492 g/mol. The van der Waals surface area contributed by atoms with Gasteiger partial charge in [0.25, 0.3) is 0 Å². The first kappa shape index (κ1) is 12.7. The van der Waals surface area contributed by atoms with Crippen LogP contribution in [0.3, 0.4) is 0 Å². The van der Waals surface area contributed by atoms with Crippen LogP contribution in [0.2, 0.25) is 0 Å². The Bertz CT molecular complexity index is 720. The van der Waals surface area contributed by atoms with Gasteiger partial charge < -0.3 is 0 Å². The van der Waals surface area contributed by atoms with Gasteiger partial charge in [0, 0.05) is 0 Å². The predicted molar refractivity (Wildman–Crippen MR) is 78.4 cm³/mol. The molecule has 1 aliphatic rings. The maximum absolute atomic E-state index is 9.13. The molecular formula is C12H2Br2N2Se2. The molecule has 0 radical (unpaired) electrons. The third-order valence-corrected chi connectivity index (χ3v) is 9.37. The number of hydrogen-bond acceptors (Lipinski definition) is 2. The van der Waals surface area contributed by atoms with Crippen LogP contribution < -0.4 is 0 Å². The number of allylic oxidation sites excluding steroid dienone is 1. The molecule has 0 spiro atoms. The molecule has 0 aromatic carbocycles. The SMILES string of the molecule is N#CC(C#N)=C1c2cc(Br)[se]c2-c2[se]c(Br)cc21. The first-order valence-corrected chi connectivity index (χ1v) is 9.81. The number of nitriles is 2. The molecule has 0 bridgehead atoms. The van der Waals surface area contributed by atoms with E-state index in [1.807, 2.05) is 12.1 Å². The Balaban J connectivity index is 2.44. The van der Waals surface area contributed by atoms with Crippen molar-refractivity contribution in [3.8, 4) is 21.0 Å². The summed E-state index contributed by atoms with van der Waals surface area (Å²) in [6.07, 6.45) is 0. The van der Waals surface area contributed by atoms with Crippen molar-refractivity contribution >= 4 is 66.4 Å². The van der Waals surface area contributed by atoms with Gasteiger partial charge in [0.2, 0.25) is 0 Å². The van der Waals surface area contributed by atoms with Crippen molar-refractivity contribution in [2.45, 2.75) is 0 Å². The molecule has 6 heteroatoms. The van der Waals surface area contributed by atoms with Crippen LogP contribution in [0.25, 0.3) is 14.4 Å². The van der Waals surface area contributed by atoms with Gasteiger partial charge in [0.15, 0.2) is 0 Å². The van der Waals surface area contributed by atoms with Crippen molar-refractivity contribution in [3.63, 3.8) is 0 Å². The van der Waals surface area contributed by atoms with Crippen LogP contribution in [0, 0.1) is 22.7 Å². The van der Waals surface area contributed by atoms with Crippen molar-refractivity contribution in [2.24, 2.45) is 0 Å². The van der Waals surface area contributed by atoms with E-state index in [0.717, 1.165) is 16.7 Å². The van der Waals surface area contributed by atoms with Gasteiger partial charge in [-0.05, 0) is 0 Å². The molecule has 18 heavy (non-hydrogen) atoms. The molecule has 0 amide bonds. The standard InChI is InChI=1S/C12H2Br2N2Se2/c13-8-1-6-10(5(3-15)4-16)7-2-9(14)18-12(7)11(6)17-8/h1-2H. The molecule has 3 rings (SSSR count). The van der Waals surface area contributed by atoms with Crippen molar-refractivity contribution in [1.29, 1.82) is 10.5 Å². The summed E-state index contributed by atoms with van der Waals surface area (Å²) in [5.41, 5.74) is 3.22. The van der Waals surface area contributed by atoms with E-state index >= 15 is 0 Å². The van der Waals surface area contributed by atoms with Gasteiger partial charge in [-0.15, -0.1) is 0 Å². The normalized spacial score (nSPS) is 11.7. The maximum atomic E-state index is 9.13. The van der Waals surface area contributed by atoms with Crippen LogP contribution in [0.1, 0.15) is 11.1 Å². The second-order valence-corrected chi connectivity index (χ2v) is 12.0. The van der Waals surface area contributed by atoms with Gasteiger partial charge in [0.1, 0.15) is 0 Å². The third kappa shape index (κ3) is 1.77. The van der Waals surface area contributed by atoms with Gasteiger partial charge in [-0.2, -0.15) is 0 Å². The molecule has 2 aromatic heterocycles. The average Bonchev–Trinajstić information content (AvgIpc) is 2.94. The summed E-state index contributed by atoms with van der Waals surface area (Å²) in [5, 5.41) is 18.3. The van der Waals surface area contributed by atoms with E-state index in [2.05, 4.69) is 44.0 Å². The van der Waals surface area contributed by atoms with Crippen molar-refractivity contribution in [3.05, 3.63) is 35.5 Å². The van der Waals surface area contributed by atoms with E-state index in [-0.39, 0.29) is 34.6 Å². The summed E-state index contributed by atoms with van der Waals surface area (Å²) in [5.74, 6) is 0. The Morgan fingerprint density at radius 1 is 0.944 bits per heavy atom. The van der Waals surface area contributed by atoms with Crippen molar-refractivity contribution in [2.75, 3.05) is 0 Å². The van der Waals surface area contributed by atoms with Gasteiger partial charge in [-0.25, -0.2) is 0 Å². The Morgan fingerprint density at radius 2 is 1.39 bits per heavy atom.